The number of aromatic nitrogens is 3. The van der Waals surface area contributed by atoms with E-state index in [9.17, 15) is 10.1 Å². The molecule has 5 rings (SSSR count). The molecule has 0 aliphatic carbocycles. The van der Waals surface area contributed by atoms with Crippen LogP contribution in [-0.2, 0) is 0 Å². The molecule has 1 aliphatic heterocycles. The fourth-order valence-corrected chi connectivity index (χ4v) is 4.32. The second-order valence-electron chi connectivity index (χ2n) is 7.17. The maximum absolute atomic E-state index is 11.8. The lowest BCUT2D eigenvalue weighted by Crippen LogP contribution is -2.33. The lowest BCUT2D eigenvalue weighted by atomic mass is 9.89. The molecule has 0 radical (unpaired) electrons. The largest absolute Gasteiger partial charge is 0.366 e. The Morgan fingerprint density at radius 1 is 1.04 bits per heavy atom. The third kappa shape index (κ3) is 2.67. The number of nitrogens with zero attached hydrogens (tertiary/aromatic N) is 4. The van der Waals surface area contributed by atoms with Crippen LogP contribution in [0.15, 0.2) is 55.0 Å². The van der Waals surface area contributed by atoms with Crippen molar-refractivity contribution in [2.75, 3.05) is 18.0 Å². The normalized spacial score (nSPS) is 15.4. The van der Waals surface area contributed by atoms with Gasteiger partial charge in [0.05, 0.1) is 15.8 Å². The third-order valence-corrected chi connectivity index (χ3v) is 5.68. The van der Waals surface area contributed by atoms with Gasteiger partial charge in [-0.2, -0.15) is 0 Å². The minimum atomic E-state index is -0.281. The molecule has 7 heteroatoms. The first-order chi connectivity index (χ1) is 13.7. The minimum absolute atomic E-state index is 0.153. The molecule has 0 bridgehead atoms. The van der Waals surface area contributed by atoms with E-state index >= 15 is 0 Å². The van der Waals surface area contributed by atoms with Crippen LogP contribution in [-0.4, -0.2) is 33.0 Å². The summed E-state index contributed by atoms with van der Waals surface area (Å²) in [6, 6.07) is 11.3. The molecule has 1 aliphatic rings. The van der Waals surface area contributed by atoms with Gasteiger partial charge in [0.2, 0.25) is 0 Å². The van der Waals surface area contributed by atoms with Gasteiger partial charge < -0.3 is 9.88 Å². The van der Waals surface area contributed by atoms with Crippen LogP contribution >= 0.6 is 0 Å². The van der Waals surface area contributed by atoms with Gasteiger partial charge in [0.1, 0.15) is 11.3 Å². The predicted octanol–water partition coefficient (Wildman–Crippen LogP) is 4.40. The molecule has 1 aromatic carbocycles. The summed E-state index contributed by atoms with van der Waals surface area (Å²) in [7, 11) is 0. The number of pyridine rings is 2. The first kappa shape index (κ1) is 16.7. The van der Waals surface area contributed by atoms with Gasteiger partial charge in [0.15, 0.2) is 0 Å². The number of anilines is 1. The molecular formula is C21H19N5O2. The van der Waals surface area contributed by atoms with Gasteiger partial charge in [0, 0.05) is 37.1 Å². The molecule has 140 valence electrons. The fourth-order valence-electron chi connectivity index (χ4n) is 4.32. The van der Waals surface area contributed by atoms with Crippen molar-refractivity contribution in [1.29, 1.82) is 0 Å². The summed E-state index contributed by atoms with van der Waals surface area (Å²) in [6.07, 6.45) is 7.41. The summed E-state index contributed by atoms with van der Waals surface area (Å²) >= 11 is 0. The SMILES string of the molecule is O=[N+]([O-])c1c(N2CCC(c3c[nH]c4ncccc34)CC2)ccc2ncccc12. The van der Waals surface area contributed by atoms with E-state index in [1.54, 1.807) is 24.5 Å². The van der Waals surface area contributed by atoms with Gasteiger partial charge in [0.25, 0.3) is 0 Å². The fraction of sp³-hybridized carbons (Fsp3) is 0.238. The average molecular weight is 373 g/mol. The number of benzene rings is 1. The molecule has 1 N–H and O–H groups in total. The van der Waals surface area contributed by atoms with Crippen molar-refractivity contribution in [2.45, 2.75) is 18.8 Å². The molecule has 28 heavy (non-hydrogen) atoms. The van der Waals surface area contributed by atoms with Gasteiger partial charge >= 0.3 is 5.69 Å². The Morgan fingerprint density at radius 3 is 2.57 bits per heavy atom. The molecular weight excluding hydrogens is 354 g/mol. The molecule has 0 spiro atoms. The number of hydrogen-bond acceptors (Lipinski definition) is 5. The number of fused-ring (bicyclic) bond motifs is 2. The first-order valence-electron chi connectivity index (χ1n) is 9.41. The van der Waals surface area contributed by atoms with Gasteiger partial charge in [-0.3, -0.25) is 15.1 Å². The van der Waals surface area contributed by atoms with Gasteiger partial charge in [-0.05, 0) is 60.7 Å². The van der Waals surface area contributed by atoms with Crippen LogP contribution in [0.3, 0.4) is 0 Å². The van der Waals surface area contributed by atoms with Crippen LogP contribution in [0, 0.1) is 10.1 Å². The zero-order valence-corrected chi connectivity index (χ0v) is 15.2. The third-order valence-electron chi connectivity index (χ3n) is 5.68. The summed E-state index contributed by atoms with van der Waals surface area (Å²) in [4.78, 5) is 25.5. The molecule has 0 amide bonds. The molecule has 0 saturated carbocycles. The van der Waals surface area contributed by atoms with Crippen molar-refractivity contribution < 1.29 is 4.92 Å². The van der Waals surface area contributed by atoms with E-state index < -0.39 is 0 Å². The van der Waals surface area contributed by atoms with Crippen molar-refractivity contribution in [1.82, 2.24) is 15.0 Å². The highest BCUT2D eigenvalue weighted by atomic mass is 16.6. The van der Waals surface area contributed by atoms with Crippen LogP contribution in [0.25, 0.3) is 21.9 Å². The number of rotatable bonds is 3. The molecule has 0 atom stereocenters. The van der Waals surface area contributed by atoms with Gasteiger partial charge in [-0.15, -0.1) is 0 Å². The summed E-state index contributed by atoms with van der Waals surface area (Å²) < 4.78 is 0. The molecule has 3 aromatic heterocycles. The van der Waals surface area contributed by atoms with Crippen molar-refractivity contribution in [2.24, 2.45) is 0 Å². The van der Waals surface area contributed by atoms with Gasteiger partial charge in [-0.1, -0.05) is 0 Å². The number of nitro benzene ring substituents is 1. The standard InChI is InChI=1S/C21H19N5O2/c27-26(28)20-16-4-2-9-22-18(16)5-6-19(20)25-11-7-14(8-12-25)17-13-24-21-15(17)3-1-10-23-21/h1-6,9-10,13-14H,7-8,11-12H2,(H,23,24). The highest BCUT2D eigenvalue weighted by Gasteiger charge is 2.28. The lowest BCUT2D eigenvalue weighted by molar-refractivity contribution is -0.382. The number of hydrogen-bond donors (Lipinski definition) is 1. The summed E-state index contributed by atoms with van der Waals surface area (Å²) in [6.45, 7) is 1.56. The van der Waals surface area contributed by atoms with Gasteiger partial charge in [-0.25, -0.2) is 4.98 Å². The van der Waals surface area contributed by atoms with Crippen LogP contribution < -0.4 is 4.90 Å². The maximum Gasteiger partial charge on any atom is 0.301 e. The highest BCUT2D eigenvalue weighted by molar-refractivity contribution is 5.94. The van der Waals surface area contributed by atoms with E-state index in [2.05, 4.69) is 32.1 Å². The molecule has 1 fully saturated rings. The zero-order chi connectivity index (χ0) is 19.1. The quantitative estimate of drug-likeness (QED) is 0.425. The second-order valence-corrected chi connectivity index (χ2v) is 7.17. The van der Waals surface area contributed by atoms with Crippen molar-refractivity contribution >= 4 is 33.3 Å². The topological polar surface area (TPSA) is 88.0 Å². The summed E-state index contributed by atoms with van der Waals surface area (Å²) in [5.74, 6) is 0.426. The molecule has 7 nitrogen and oxygen atoms in total. The van der Waals surface area contributed by atoms with E-state index in [0.29, 0.717) is 22.5 Å². The number of nitrogens with one attached hydrogen (secondary N) is 1. The number of H-pyrrole nitrogens is 1. The number of nitro groups is 1. The summed E-state index contributed by atoms with van der Waals surface area (Å²) in [5, 5.41) is 13.6. The predicted molar refractivity (Wildman–Crippen MR) is 109 cm³/mol. The minimum Gasteiger partial charge on any atom is -0.366 e. The Kier molecular flexibility index (Phi) is 3.93. The number of piperidine rings is 1. The van der Waals surface area contributed by atoms with E-state index in [1.807, 2.05) is 18.2 Å². The summed E-state index contributed by atoms with van der Waals surface area (Å²) in [5.41, 5.74) is 3.70. The lowest BCUT2D eigenvalue weighted by Gasteiger charge is -2.33. The van der Waals surface area contributed by atoms with Crippen molar-refractivity contribution in [3.8, 4) is 0 Å². The van der Waals surface area contributed by atoms with E-state index in [1.165, 1.54) is 10.9 Å². The molecule has 1 saturated heterocycles. The zero-order valence-electron chi connectivity index (χ0n) is 15.2. The average Bonchev–Trinajstić information content (AvgIpc) is 3.17. The van der Waals surface area contributed by atoms with E-state index in [-0.39, 0.29) is 10.6 Å². The second kappa shape index (κ2) is 6.60. The Balaban J connectivity index is 1.44. The van der Waals surface area contributed by atoms with E-state index in [4.69, 9.17) is 0 Å². The van der Waals surface area contributed by atoms with Crippen LogP contribution in [0.2, 0.25) is 0 Å². The Labute approximate surface area is 161 Å². The Morgan fingerprint density at radius 2 is 1.79 bits per heavy atom. The molecule has 4 heterocycles. The van der Waals surface area contributed by atoms with E-state index in [0.717, 1.165) is 31.6 Å². The van der Waals surface area contributed by atoms with Crippen molar-refractivity contribution in [3.05, 3.63) is 70.7 Å². The monoisotopic (exact) mass is 373 g/mol. The molecule has 0 unspecified atom stereocenters. The Bertz CT molecular complexity index is 1180. The van der Waals surface area contributed by atoms with Crippen LogP contribution in [0.5, 0.6) is 0 Å². The Hall–Kier alpha value is -3.48. The van der Waals surface area contributed by atoms with Crippen LogP contribution in [0.1, 0.15) is 24.3 Å². The highest BCUT2D eigenvalue weighted by Crippen LogP contribution is 2.39. The maximum atomic E-state index is 11.8. The smallest absolute Gasteiger partial charge is 0.301 e. The molecule has 4 aromatic rings. The van der Waals surface area contributed by atoms with Crippen molar-refractivity contribution in [3.63, 3.8) is 0 Å². The van der Waals surface area contributed by atoms with Crippen LogP contribution in [0.4, 0.5) is 11.4 Å². The number of aromatic amines is 1. The first-order valence-corrected chi connectivity index (χ1v) is 9.41.